The molecule has 0 unspecified atom stereocenters. The molecule has 1 saturated heterocycles. The second kappa shape index (κ2) is 9.74. The third-order valence-corrected chi connectivity index (χ3v) is 5.17. The van der Waals surface area contributed by atoms with Crippen LogP contribution in [0.1, 0.15) is 34.1 Å². The monoisotopic (exact) mass is 450 g/mol. The number of nitrogens with one attached hydrogen (secondary N) is 1. The first-order chi connectivity index (χ1) is 15.9. The molecule has 0 bridgehead atoms. The summed E-state index contributed by atoms with van der Waals surface area (Å²) in [6.45, 7) is 3.13. The lowest BCUT2D eigenvalue weighted by molar-refractivity contribution is 0.0651. The Morgan fingerprint density at radius 2 is 1.79 bits per heavy atom. The van der Waals surface area contributed by atoms with Gasteiger partial charge in [-0.2, -0.15) is 5.10 Å². The molecule has 1 aliphatic rings. The van der Waals surface area contributed by atoms with Crippen LogP contribution in [0.15, 0.2) is 54.7 Å². The SMILES string of the molecule is C[C@@H](CO)Oc1cc(Oc2ccc(C(=O)N3CCC3)cc2)cc(C(=O)Nc2ccn(C)n2)c1. The lowest BCUT2D eigenvalue weighted by Crippen LogP contribution is -2.41. The lowest BCUT2D eigenvalue weighted by Gasteiger charge is -2.30. The average molecular weight is 450 g/mol. The van der Waals surface area contributed by atoms with Crippen LogP contribution in [0, 0.1) is 0 Å². The maximum absolute atomic E-state index is 12.8. The van der Waals surface area contributed by atoms with E-state index in [0.29, 0.717) is 34.2 Å². The minimum Gasteiger partial charge on any atom is -0.488 e. The Labute approximate surface area is 191 Å². The summed E-state index contributed by atoms with van der Waals surface area (Å²) < 4.78 is 13.2. The van der Waals surface area contributed by atoms with Crippen molar-refractivity contribution in [1.29, 1.82) is 0 Å². The smallest absolute Gasteiger partial charge is 0.257 e. The van der Waals surface area contributed by atoms with Crippen molar-refractivity contribution in [2.75, 3.05) is 25.0 Å². The van der Waals surface area contributed by atoms with Crippen LogP contribution in [0.3, 0.4) is 0 Å². The van der Waals surface area contributed by atoms with E-state index in [0.717, 1.165) is 19.5 Å². The van der Waals surface area contributed by atoms with Crippen LogP contribution < -0.4 is 14.8 Å². The predicted octanol–water partition coefficient (Wildman–Crippen LogP) is 3.07. The van der Waals surface area contributed by atoms with E-state index >= 15 is 0 Å². The molecular formula is C24H26N4O5. The number of anilines is 1. The number of hydrogen-bond donors (Lipinski definition) is 2. The van der Waals surface area contributed by atoms with E-state index in [2.05, 4.69) is 10.4 Å². The predicted molar refractivity (Wildman–Crippen MR) is 122 cm³/mol. The number of aryl methyl sites for hydroxylation is 1. The molecule has 2 heterocycles. The molecular weight excluding hydrogens is 424 g/mol. The summed E-state index contributed by atoms with van der Waals surface area (Å²) in [5.74, 6) is 1.32. The number of aliphatic hydroxyl groups excluding tert-OH is 1. The lowest BCUT2D eigenvalue weighted by atomic mass is 10.1. The standard InChI is InChI=1S/C24H26N4O5/c1-16(15-29)32-20-12-18(23(30)25-22-8-11-27(2)26-22)13-21(14-20)33-19-6-4-17(5-7-19)24(31)28-9-3-10-28/h4-8,11-14,16,29H,3,9-10,15H2,1-2H3,(H,25,26,30)/t16-/m0/s1. The van der Waals surface area contributed by atoms with Crippen molar-refractivity contribution in [1.82, 2.24) is 14.7 Å². The largest absolute Gasteiger partial charge is 0.488 e. The van der Waals surface area contributed by atoms with Gasteiger partial charge in [-0.25, -0.2) is 0 Å². The molecule has 2 amide bonds. The van der Waals surface area contributed by atoms with Gasteiger partial charge >= 0.3 is 0 Å². The zero-order valence-corrected chi connectivity index (χ0v) is 18.5. The molecule has 4 rings (SSSR count). The first-order valence-corrected chi connectivity index (χ1v) is 10.7. The molecule has 9 heteroatoms. The van der Waals surface area contributed by atoms with Gasteiger partial charge in [0.2, 0.25) is 0 Å². The van der Waals surface area contributed by atoms with Gasteiger partial charge in [0.25, 0.3) is 11.8 Å². The second-order valence-corrected chi connectivity index (χ2v) is 7.91. The first-order valence-electron chi connectivity index (χ1n) is 10.7. The quantitative estimate of drug-likeness (QED) is 0.546. The highest BCUT2D eigenvalue weighted by Gasteiger charge is 2.21. The molecule has 2 aromatic carbocycles. The molecule has 0 saturated carbocycles. The number of rotatable bonds is 8. The van der Waals surface area contributed by atoms with Crippen LogP contribution in [0.5, 0.6) is 17.2 Å². The molecule has 1 aromatic heterocycles. The van der Waals surface area contributed by atoms with Crippen molar-refractivity contribution in [2.24, 2.45) is 7.05 Å². The Morgan fingerprint density at radius 1 is 1.06 bits per heavy atom. The molecule has 172 valence electrons. The van der Waals surface area contributed by atoms with Gasteiger partial charge in [-0.1, -0.05) is 0 Å². The maximum Gasteiger partial charge on any atom is 0.257 e. The Kier molecular flexibility index (Phi) is 6.60. The fraction of sp³-hybridized carbons (Fsp3) is 0.292. The average Bonchev–Trinajstić information content (AvgIpc) is 3.17. The number of carbonyl (C=O) groups is 2. The highest BCUT2D eigenvalue weighted by atomic mass is 16.5. The summed E-state index contributed by atoms with van der Waals surface area (Å²) >= 11 is 0. The molecule has 0 radical (unpaired) electrons. The Balaban J connectivity index is 1.54. The van der Waals surface area contributed by atoms with Crippen LogP contribution in [-0.2, 0) is 7.05 Å². The molecule has 1 aliphatic heterocycles. The fourth-order valence-corrected chi connectivity index (χ4v) is 3.27. The van der Waals surface area contributed by atoms with Crippen LogP contribution in [-0.4, -0.2) is 57.4 Å². The number of hydrogen-bond acceptors (Lipinski definition) is 6. The molecule has 2 N–H and O–H groups in total. The van der Waals surface area contributed by atoms with Gasteiger partial charge in [0.05, 0.1) is 6.61 Å². The molecule has 1 fully saturated rings. The number of ether oxygens (including phenoxy) is 2. The first kappa shape index (κ1) is 22.3. The Hall–Kier alpha value is -3.85. The number of nitrogens with zero attached hydrogens (tertiary/aromatic N) is 3. The van der Waals surface area contributed by atoms with E-state index in [9.17, 15) is 14.7 Å². The van der Waals surface area contributed by atoms with Crippen LogP contribution in [0.4, 0.5) is 5.82 Å². The molecule has 3 aromatic rings. The minimum atomic E-state index is -0.459. The van der Waals surface area contributed by atoms with Crippen molar-refractivity contribution in [2.45, 2.75) is 19.4 Å². The summed E-state index contributed by atoms with van der Waals surface area (Å²) in [6, 6.07) is 13.4. The van der Waals surface area contributed by atoms with E-state index in [1.165, 1.54) is 0 Å². The highest BCUT2D eigenvalue weighted by Crippen LogP contribution is 2.29. The van der Waals surface area contributed by atoms with Crippen LogP contribution >= 0.6 is 0 Å². The van der Waals surface area contributed by atoms with Gasteiger partial charge in [0.1, 0.15) is 23.4 Å². The van der Waals surface area contributed by atoms with Gasteiger partial charge in [0, 0.05) is 49.6 Å². The fourth-order valence-electron chi connectivity index (χ4n) is 3.27. The van der Waals surface area contributed by atoms with E-state index in [1.807, 2.05) is 0 Å². The zero-order chi connectivity index (χ0) is 23.4. The number of aliphatic hydroxyl groups is 1. The third-order valence-electron chi connectivity index (χ3n) is 5.17. The summed E-state index contributed by atoms with van der Waals surface area (Å²) in [6.07, 6.45) is 2.30. The molecule has 0 aliphatic carbocycles. The molecule has 0 spiro atoms. The van der Waals surface area contributed by atoms with E-state index in [1.54, 1.807) is 78.3 Å². The van der Waals surface area contributed by atoms with E-state index < -0.39 is 6.10 Å². The van der Waals surface area contributed by atoms with Gasteiger partial charge in [-0.05, 0) is 49.7 Å². The number of carbonyl (C=O) groups excluding carboxylic acids is 2. The van der Waals surface area contributed by atoms with Gasteiger partial charge in [-0.3, -0.25) is 14.3 Å². The van der Waals surface area contributed by atoms with Crippen molar-refractivity contribution in [3.05, 3.63) is 65.9 Å². The van der Waals surface area contributed by atoms with Gasteiger partial charge < -0.3 is 24.8 Å². The second-order valence-electron chi connectivity index (χ2n) is 7.91. The zero-order valence-electron chi connectivity index (χ0n) is 18.5. The molecule has 9 nitrogen and oxygen atoms in total. The minimum absolute atomic E-state index is 0.00895. The normalized spacial score (nSPS) is 13.7. The number of amides is 2. The Morgan fingerprint density at radius 3 is 2.39 bits per heavy atom. The maximum atomic E-state index is 12.8. The van der Waals surface area contributed by atoms with Gasteiger partial charge in [-0.15, -0.1) is 0 Å². The van der Waals surface area contributed by atoms with Crippen molar-refractivity contribution in [3.63, 3.8) is 0 Å². The highest BCUT2D eigenvalue weighted by molar-refractivity contribution is 6.04. The van der Waals surface area contributed by atoms with Crippen molar-refractivity contribution < 1.29 is 24.2 Å². The number of likely N-dealkylation sites (tertiary alicyclic amines) is 1. The van der Waals surface area contributed by atoms with Crippen molar-refractivity contribution in [3.8, 4) is 17.2 Å². The third kappa shape index (κ3) is 5.50. The number of aromatic nitrogens is 2. The van der Waals surface area contributed by atoms with Crippen LogP contribution in [0.2, 0.25) is 0 Å². The van der Waals surface area contributed by atoms with Crippen LogP contribution in [0.25, 0.3) is 0 Å². The van der Waals surface area contributed by atoms with E-state index in [-0.39, 0.29) is 18.4 Å². The summed E-state index contributed by atoms with van der Waals surface area (Å²) in [7, 11) is 1.76. The topological polar surface area (TPSA) is 106 Å². The Bertz CT molecular complexity index is 1140. The van der Waals surface area contributed by atoms with Crippen molar-refractivity contribution >= 4 is 17.6 Å². The summed E-state index contributed by atoms with van der Waals surface area (Å²) in [5, 5.41) is 16.2. The number of benzene rings is 2. The summed E-state index contributed by atoms with van der Waals surface area (Å²) in [4.78, 5) is 26.9. The summed E-state index contributed by atoms with van der Waals surface area (Å²) in [5.41, 5.74) is 0.911. The molecule has 33 heavy (non-hydrogen) atoms. The molecule has 1 atom stereocenters. The van der Waals surface area contributed by atoms with E-state index in [4.69, 9.17) is 9.47 Å². The van der Waals surface area contributed by atoms with Gasteiger partial charge in [0.15, 0.2) is 5.82 Å².